The van der Waals surface area contributed by atoms with Crippen molar-refractivity contribution in [3.63, 3.8) is 0 Å². The van der Waals surface area contributed by atoms with Crippen LogP contribution in [0.2, 0.25) is 0 Å². The number of rotatable bonds is 6. The smallest absolute Gasteiger partial charge is 0.280 e. The van der Waals surface area contributed by atoms with Gasteiger partial charge in [0.25, 0.3) is 6.43 Å². The molecule has 1 aromatic carbocycles. The maximum atomic E-state index is 14.4. The molecule has 136 valence electrons. The average molecular weight is 364 g/mol. The minimum atomic E-state index is -2.82. The predicted molar refractivity (Wildman–Crippen MR) is 88.1 cm³/mol. The lowest BCUT2D eigenvalue weighted by atomic mass is 9.99. The van der Waals surface area contributed by atoms with Gasteiger partial charge >= 0.3 is 0 Å². The highest BCUT2D eigenvalue weighted by atomic mass is 19.3. The molecule has 6 nitrogen and oxygen atoms in total. The van der Waals surface area contributed by atoms with Crippen LogP contribution in [0.3, 0.4) is 0 Å². The molecule has 0 saturated heterocycles. The van der Waals surface area contributed by atoms with E-state index in [0.717, 1.165) is 4.68 Å². The van der Waals surface area contributed by atoms with Gasteiger partial charge in [0.1, 0.15) is 22.9 Å². The number of aryl methyl sites for hydroxylation is 2. The van der Waals surface area contributed by atoms with E-state index in [-0.39, 0.29) is 28.3 Å². The van der Waals surface area contributed by atoms with Crippen LogP contribution in [0.1, 0.15) is 24.6 Å². The highest BCUT2D eigenvalue weighted by Crippen LogP contribution is 2.41. The third-order valence-electron chi connectivity index (χ3n) is 4.05. The van der Waals surface area contributed by atoms with Gasteiger partial charge in [-0.05, 0) is 18.1 Å². The summed E-state index contributed by atoms with van der Waals surface area (Å²) in [5.74, 6) is -0.667. The van der Waals surface area contributed by atoms with Gasteiger partial charge in [0.15, 0.2) is 5.76 Å². The number of aromatic nitrogens is 3. The Morgan fingerprint density at radius 2 is 2.15 bits per heavy atom. The number of carbonyl (C=O) groups excluding carboxylic acids is 1. The molecule has 0 unspecified atom stereocenters. The van der Waals surface area contributed by atoms with E-state index in [1.165, 1.54) is 19.3 Å². The lowest BCUT2D eigenvalue weighted by Gasteiger charge is -2.08. The summed E-state index contributed by atoms with van der Waals surface area (Å²) in [4.78, 5) is 11.1. The number of hydrogen-bond acceptors (Lipinski definition) is 4. The van der Waals surface area contributed by atoms with Crippen LogP contribution in [0.15, 0.2) is 28.9 Å². The summed E-state index contributed by atoms with van der Waals surface area (Å²) < 4.78 is 47.4. The molecule has 2 heterocycles. The maximum absolute atomic E-state index is 14.4. The summed E-state index contributed by atoms with van der Waals surface area (Å²) in [6.45, 7) is 1.84. The van der Waals surface area contributed by atoms with Gasteiger partial charge in [0.2, 0.25) is 6.41 Å². The summed E-state index contributed by atoms with van der Waals surface area (Å²) in [6.07, 6.45) is -0.783. The highest BCUT2D eigenvalue weighted by molar-refractivity contribution is 5.92. The van der Waals surface area contributed by atoms with Gasteiger partial charge in [0, 0.05) is 12.6 Å². The number of carbonyl (C=O) groups is 1. The Hall–Kier alpha value is -3.10. The van der Waals surface area contributed by atoms with Crippen molar-refractivity contribution in [3.8, 4) is 22.6 Å². The van der Waals surface area contributed by atoms with Crippen LogP contribution in [0.5, 0.6) is 0 Å². The van der Waals surface area contributed by atoms with Gasteiger partial charge in [-0.25, -0.2) is 13.2 Å². The summed E-state index contributed by atoms with van der Waals surface area (Å²) >= 11 is 0. The van der Waals surface area contributed by atoms with E-state index in [0.29, 0.717) is 18.4 Å². The zero-order chi connectivity index (χ0) is 18.8. The van der Waals surface area contributed by atoms with E-state index >= 15 is 0 Å². The molecule has 9 heteroatoms. The molecule has 0 spiro atoms. The van der Waals surface area contributed by atoms with Crippen molar-refractivity contribution in [2.45, 2.75) is 19.8 Å². The fourth-order valence-corrected chi connectivity index (χ4v) is 2.85. The Labute approximate surface area is 146 Å². The topological polar surface area (TPSA) is 73.0 Å². The molecule has 0 fully saturated rings. The largest absolute Gasteiger partial charge is 0.353 e. The molecule has 0 atom stereocenters. The number of hydrogen-bond donors (Lipinski definition) is 1. The molecule has 0 saturated carbocycles. The van der Waals surface area contributed by atoms with Gasteiger partial charge < -0.3 is 9.84 Å². The Morgan fingerprint density at radius 1 is 1.38 bits per heavy atom. The average Bonchev–Trinajstić information content (AvgIpc) is 3.18. The second kappa shape index (κ2) is 7.03. The molecule has 3 aromatic rings. The quantitative estimate of drug-likeness (QED) is 0.672. The normalized spacial score (nSPS) is 11.2. The number of nitrogens with one attached hydrogen (secondary N) is 1. The first-order valence-electron chi connectivity index (χ1n) is 7.77. The molecule has 1 amide bonds. The SMILES string of the molecule is CCc1cccc(F)c1-c1noc(-c2cnn(C)c2C(F)F)c1NC=O. The lowest BCUT2D eigenvalue weighted by molar-refractivity contribution is -0.105. The Balaban J connectivity index is 2.26. The minimum absolute atomic E-state index is 0.00898. The molecule has 0 radical (unpaired) electrons. The van der Waals surface area contributed by atoms with Crippen molar-refractivity contribution < 1.29 is 22.5 Å². The monoisotopic (exact) mass is 364 g/mol. The second-order valence-electron chi connectivity index (χ2n) is 5.49. The molecule has 3 rings (SSSR count). The maximum Gasteiger partial charge on any atom is 0.280 e. The van der Waals surface area contributed by atoms with E-state index in [9.17, 15) is 18.0 Å². The van der Waals surface area contributed by atoms with Gasteiger partial charge in [0.05, 0.1) is 11.8 Å². The standard InChI is InChI=1S/C17H15F3N4O2/c1-3-9-5-4-6-11(18)12(9)13-14(21-8-25)16(26-23-13)10-7-22-24(2)15(10)17(19)20/h4-8,17H,3H2,1-2H3,(H,21,25). The van der Waals surface area contributed by atoms with Crippen molar-refractivity contribution in [3.05, 3.63) is 41.5 Å². The molecule has 0 aliphatic rings. The molecule has 26 heavy (non-hydrogen) atoms. The van der Waals surface area contributed by atoms with E-state index in [4.69, 9.17) is 4.52 Å². The molecule has 2 aromatic heterocycles. The van der Waals surface area contributed by atoms with E-state index in [1.807, 2.05) is 6.92 Å². The van der Waals surface area contributed by atoms with E-state index in [1.54, 1.807) is 12.1 Å². The van der Waals surface area contributed by atoms with Gasteiger partial charge in [-0.1, -0.05) is 24.2 Å². The van der Waals surface area contributed by atoms with Crippen LogP contribution < -0.4 is 5.32 Å². The Morgan fingerprint density at radius 3 is 2.81 bits per heavy atom. The van der Waals surface area contributed by atoms with Crippen molar-refractivity contribution >= 4 is 12.1 Å². The molecular formula is C17H15F3N4O2. The van der Waals surface area contributed by atoms with Crippen LogP contribution >= 0.6 is 0 Å². The lowest BCUT2D eigenvalue weighted by Crippen LogP contribution is -2.01. The summed E-state index contributed by atoms with van der Waals surface area (Å²) in [5.41, 5.74) is 0.405. The molecule has 1 N–H and O–H groups in total. The molecular weight excluding hydrogens is 349 g/mol. The predicted octanol–water partition coefficient (Wildman–Crippen LogP) is 3.95. The Bertz CT molecular complexity index is 950. The summed E-state index contributed by atoms with van der Waals surface area (Å²) in [7, 11) is 1.36. The van der Waals surface area contributed by atoms with Crippen molar-refractivity contribution in [2.75, 3.05) is 5.32 Å². The number of benzene rings is 1. The highest BCUT2D eigenvalue weighted by Gasteiger charge is 2.28. The first kappa shape index (κ1) is 17.7. The second-order valence-corrected chi connectivity index (χ2v) is 5.49. The number of alkyl halides is 2. The fourth-order valence-electron chi connectivity index (χ4n) is 2.85. The van der Waals surface area contributed by atoms with Crippen LogP contribution in [0, 0.1) is 5.82 Å². The van der Waals surface area contributed by atoms with Crippen molar-refractivity contribution in [2.24, 2.45) is 7.05 Å². The number of amides is 1. The van der Waals surface area contributed by atoms with Gasteiger partial charge in [-0.15, -0.1) is 0 Å². The van der Waals surface area contributed by atoms with E-state index < -0.39 is 17.9 Å². The van der Waals surface area contributed by atoms with Crippen LogP contribution in [0.4, 0.5) is 18.9 Å². The molecule has 0 aliphatic heterocycles. The van der Waals surface area contributed by atoms with E-state index in [2.05, 4.69) is 15.6 Å². The summed E-state index contributed by atoms with van der Waals surface area (Å²) in [5, 5.41) is 10.0. The molecule has 0 bridgehead atoms. The van der Waals surface area contributed by atoms with Crippen molar-refractivity contribution in [1.29, 1.82) is 0 Å². The Kier molecular flexibility index (Phi) is 4.79. The first-order valence-corrected chi connectivity index (χ1v) is 7.77. The zero-order valence-electron chi connectivity index (χ0n) is 14.0. The van der Waals surface area contributed by atoms with Crippen LogP contribution in [-0.2, 0) is 18.3 Å². The van der Waals surface area contributed by atoms with Gasteiger partial charge in [-0.2, -0.15) is 5.10 Å². The zero-order valence-corrected chi connectivity index (χ0v) is 14.0. The number of halogens is 3. The molecule has 0 aliphatic carbocycles. The third kappa shape index (κ3) is 2.85. The number of anilines is 1. The van der Waals surface area contributed by atoms with Gasteiger partial charge in [-0.3, -0.25) is 9.48 Å². The van der Waals surface area contributed by atoms with Crippen LogP contribution in [-0.4, -0.2) is 21.3 Å². The fraction of sp³-hybridized carbons (Fsp3) is 0.235. The first-order chi connectivity index (χ1) is 12.5. The summed E-state index contributed by atoms with van der Waals surface area (Å²) in [6, 6.07) is 4.52. The number of nitrogens with zero attached hydrogens (tertiary/aromatic N) is 3. The third-order valence-corrected chi connectivity index (χ3v) is 4.05. The van der Waals surface area contributed by atoms with Crippen LogP contribution in [0.25, 0.3) is 22.6 Å². The van der Waals surface area contributed by atoms with Crippen molar-refractivity contribution in [1.82, 2.24) is 14.9 Å². The minimum Gasteiger partial charge on any atom is -0.353 e.